The summed E-state index contributed by atoms with van der Waals surface area (Å²) < 4.78 is 0. The van der Waals surface area contributed by atoms with Crippen molar-refractivity contribution in [2.24, 2.45) is 9.98 Å². The zero-order valence-electron chi connectivity index (χ0n) is 17.1. The molecule has 0 saturated heterocycles. The van der Waals surface area contributed by atoms with E-state index < -0.39 is 0 Å². The molecule has 30 heavy (non-hydrogen) atoms. The van der Waals surface area contributed by atoms with Crippen molar-refractivity contribution in [2.75, 3.05) is 0 Å². The maximum atomic E-state index is 4.97. The summed E-state index contributed by atoms with van der Waals surface area (Å²) >= 11 is 0. The van der Waals surface area contributed by atoms with E-state index in [1.807, 2.05) is 12.4 Å². The highest BCUT2D eigenvalue weighted by Crippen LogP contribution is 2.24. The van der Waals surface area contributed by atoms with E-state index in [1.54, 1.807) is 0 Å². The molecule has 0 radical (unpaired) electrons. The van der Waals surface area contributed by atoms with E-state index in [9.17, 15) is 0 Å². The third kappa shape index (κ3) is 4.18. The van der Waals surface area contributed by atoms with Crippen LogP contribution in [0.15, 0.2) is 94.9 Å². The predicted octanol–water partition coefficient (Wildman–Crippen LogP) is 6.84. The Bertz CT molecular complexity index is 1120. The first kappa shape index (κ1) is 18.7. The minimum absolute atomic E-state index is 0.266. The van der Waals surface area contributed by atoms with Gasteiger partial charge in [-0.2, -0.15) is 0 Å². The Kier molecular flexibility index (Phi) is 5.39. The Hall–Kier alpha value is -3.26. The van der Waals surface area contributed by atoms with Gasteiger partial charge in [-0.3, -0.25) is 9.98 Å². The summed E-state index contributed by atoms with van der Waals surface area (Å²) in [6.07, 6.45) is 8.79. The van der Waals surface area contributed by atoms with Gasteiger partial charge in [0.2, 0.25) is 0 Å². The van der Waals surface area contributed by atoms with Crippen molar-refractivity contribution in [3.8, 4) is 0 Å². The van der Waals surface area contributed by atoms with Crippen LogP contribution in [0.1, 0.15) is 36.8 Å². The van der Waals surface area contributed by atoms with Crippen molar-refractivity contribution >= 4 is 34.0 Å². The average Bonchev–Trinajstić information content (AvgIpc) is 2.81. The fourth-order valence-corrected chi connectivity index (χ4v) is 4.38. The number of hydrogen-bond donors (Lipinski definition) is 0. The lowest BCUT2D eigenvalue weighted by atomic mass is 9.91. The van der Waals surface area contributed by atoms with Crippen LogP contribution in [0.25, 0.3) is 21.5 Å². The van der Waals surface area contributed by atoms with Crippen LogP contribution < -0.4 is 0 Å². The molecule has 0 N–H and O–H groups in total. The second kappa shape index (κ2) is 8.62. The fourth-order valence-electron chi connectivity index (χ4n) is 4.38. The monoisotopic (exact) mass is 390 g/mol. The standard InChI is InChI=1S/C28H26N2/c1-3-9-25-17-21(13-15-23(25)7-1)19-29-27-11-5-6-12-28(27)30-20-22-14-16-24-8-2-4-10-26(24)18-22/h1-4,7-10,13-20,27-28H,5-6,11-12H2. The molecule has 2 unspecified atom stereocenters. The highest BCUT2D eigenvalue weighted by molar-refractivity contribution is 5.91. The lowest BCUT2D eigenvalue weighted by molar-refractivity contribution is 0.390. The average molecular weight is 391 g/mol. The quantitative estimate of drug-likeness (QED) is 0.341. The molecule has 4 aromatic carbocycles. The number of benzene rings is 4. The second-order valence-electron chi connectivity index (χ2n) is 8.19. The van der Waals surface area contributed by atoms with Gasteiger partial charge in [0.05, 0.1) is 12.1 Å². The third-order valence-electron chi connectivity index (χ3n) is 6.07. The maximum Gasteiger partial charge on any atom is 0.0723 e. The first-order chi connectivity index (χ1) is 14.8. The molecule has 1 aliphatic rings. The van der Waals surface area contributed by atoms with Gasteiger partial charge in [0.15, 0.2) is 0 Å². The van der Waals surface area contributed by atoms with Gasteiger partial charge >= 0.3 is 0 Å². The lowest BCUT2D eigenvalue weighted by Crippen LogP contribution is -2.27. The van der Waals surface area contributed by atoms with Crippen LogP contribution >= 0.6 is 0 Å². The van der Waals surface area contributed by atoms with Crippen molar-refractivity contribution in [2.45, 2.75) is 37.8 Å². The maximum absolute atomic E-state index is 4.97. The Morgan fingerprint density at radius 1 is 0.533 bits per heavy atom. The molecule has 0 heterocycles. The van der Waals surface area contributed by atoms with Crippen LogP contribution in [0.2, 0.25) is 0 Å². The minimum Gasteiger partial charge on any atom is -0.287 e. The number of nitrogens with zero attached hydrogens (tertiary/aromatic N) is 2. The zero-order valence-corrected chi connectivity index (χ0v) is 17.1. The number of hydrogen-bond acceptors (Lipinski definition) is 2. The smallest absolute Gasteiger partial charge is 0.0723 e. The van der Waals surface area contributed by atoms with E-state index in [2.05, 4.69) is 84.9 Å². The minimum atomic E-state index is 0.266. The van der Waals surface area contributed by atoms with E-state index in [4.69, 9.17) is 9.98 Å². The third-order valence-corrected chi connectivity index (χ3v) is 6.07. The van der Waals surface area contributed by atoms with Crippen molar-refractivity contribution < 1.29 is 0 Å². The highest BCUT2D eigenvalue weighted by Gasteiger charge is 2.23. The van der Waals surface area contributed by atoms with E-state index >= 15 is 0 Å². The predicted molar refractivity (Wildman–Crippen MR) is 129 cm³/mol. The molecule has 2 heteroatoms. The Morgan fingerprint density at radius 2 is 0.967 bits per heavy atom. The molecule has 0 aromatic heterocycles. The van der Waals surface area contributed by atoms with Crippen LogP contribution in [0.4, 0.5) is 0 Å². The highest BCUT2D eigenvalue weighted by atomic mass is 14.9. The van der Waals surface area contributed by atoms with E-state index in [0.29, 0.717) is 0 Å². The van der Waals surface area contributed by atoms with Gasteiger partial charge in [0.25, 0.3) is 0 Å². The molecule has 0 bridgehead atoms. The molecular formula is C28H26N2. The summed E-state index contributed by atoms with van der Waals surface area (Å²) in [6.45, 7) is 0. The summed E-state index contributed by atoms with van der Waals surface area (Å²) in [5, 5.41) is 5.06. The first-order valence-electron chi connectivity index (χ1n) is 10.9. The van der Waals surface area contributed by atoms with Crippen molar-refractivity contribution in [3.05, 3.63) is 96.1 Å². The van der Waals surface area contributed by atoms with Gasteiger partial charge in [-0.15, -0.1) is 0 Å². The normalized spacial score (nSPS) is 19.9. The molecule has 0 amide bonds. The molecule has 148 valence electrons. The Labute approximate surface area is 178 Å². The van der Waals surface area contributed by atoms with Gasteiger partial charge < -0.3 is 0 Å². The molecule has 2 nitrogen and oxygen atoms in total. The van der Waals surface area contributed by atoms with Crippen LogP contribution in [-0.2, 0) is 0 Å². The fraction of sp³-hybridized carbons (Fsp3) is 0.214. The van der Waals surface area contributed by atoms with Crippen LogP contribution in [-0.4, -0.2) is 24.5 Å². The summed E-state index contributed by atoms with van der Waals surface area (Å²) in [7, 11) is 0. The van der Waals surface area contributed by atoms with Gasteiger partial charge in [0.1, 0.15) is 0 Å². The molecule has 0 spiro atoms. The number of aliphatic imine (C=N–C) groups is 2. The second-order valence-corrected chi connectivity index (χ2v) is 8.19. The molecule has 0 aliphatic heterocycles. The molecule has 5 rings (SSSR count). The Morgan fingerprint density at radius 3 is 1.43 bits per heavy atom. The van der Waals surface area contributed by atoms with Gasteiger partial charge in [-0.25, -0.2) is 0 Å². The zero-order chi connectivity index (χ0) is 20.2. The van der Waals surface area contributed by atoms with Crippen LogP contribution in [0, 0.1) is 0 Å². The van der Waals surface area contributed by atoms with Crippen molar-refractivity contribution in [1.29, 1.82) is 0 Å². The largest absolute Gasteiger partial charge is 0.287 e. The number of fused-ring (bicyclic) bond motifs is 2. The van der Waals surface area contributed by atoms with E-state index in [-0.39, 0.29) is 12.1 Å². The molecule has 1 fully saturated rings. The summed E-state index contributed by atoms with van der Waals surface area (Å²) in [5.74, 6) is 0. The topological polar surface area (TPSA) is 24.7 Å². The van der Waals surface area contributed by atoms with Crippen LogP contribution in [0.5, 0.6) is 0 Å². The molecular weight excluding hydrogens is 364 g/mol. The van der Waals surface area contributed by atoms with Gasteiger partial charge in [0, 0.05) is 12.4 Å². The van der Waals surface area contributed by atoms with Gasteiger partial charge in [-0.1, -0.05) is 85.6 Å². The number of rotatable bonds is 4. The molecule has 4 aromatic rings. The first-order valence-corrected chi connectivity index (χ1v) is 10.9. The summed E-state index contributed by atoms with van der Waals surface area (Å²) in [5.41, 5.74) is 2.33. The molecule has 1 saturated carbocycles. The lowest BCUT2D eigenvalue weighted by Gasteiger charge is -2.25. The summed E-state index contributed by atoms with van der Waals surface area (Å²) in [6, 6.07) is 30.6. The summed E-state index contributed by atoms with van der Waals surface area (Å²) in [4.78, 5) is 9.93. The van der Waals surface area contributed by atoms with Crippen LogP contribution in [0.3, 0.4) is 0 Å². The van der Waals surface area contributed by atoms with Crippen molar-refractivity contribution in [1.82, 2.24) is 0 Å². The molecule has 2 atom stereocenters. The van der Waals surface area contributed by atoms with E-state index in [1.165, 1.54) is 34.4 Å². The van der Waals surface area contributed by atoms with Crippen molar-refractivity contribution in [3.63, 3.8) is 0 Å². The van der Waals surface area contributed by atoms with Gasteiger partial charge in [-0.05, 0) is 57.6 Å². The SMILES string of the molecule is C(=NC1CCCCC1N=Cc1ccc2ccccc2c1)c1ccc2ccccc2c1. The van der Waals surface area contributed by atoms with E-state index in [0.717, 1.165) is 24.0 Å². The molecule has 1 aliphatic carbocycles. The Balaban J connectivity index is 1.34.